The van der Waals surface area contributed by atoms with Crippen LogP contribution in [0.5, 0.6) is 5.75 Å². The van der Waals surface area contributed by atoms with Gasteiger partial charge in [0.25, 0.3) is 5.91 Å². The third kappa shape index (κ3) is 6.20. The molecule has 8 heteroatoms. The Labute approximate surface area is 214 Å². The zero-order chi connectivity index (χ0) is 25.3. The Kier molecular flexibility index (Phi) is 8.16. The quantitative estimate of drug-likeness (QED) is 0.440. The van der Waals surface area contributed by atoms with Gasteiger partial charge in [-0.3, -0.25) is 14.5 Å². The number of hydrogen-bond donors (Lipinski definition) is 1. The van der Waals surface area contributed by atoms with Crippen molar-refractivity contribution in [3.63, 3.8) is 0 Å². The molecular weight excluding hydrogens is 472 g/mol. The van der Waals surface area contributed by atoms with Gasteiger partial charge in [0, 0.05) is 12.2 Å². The lowest BCUT2D eigenvalue weighted by atomic mass is 10.1. The fourth-order valence-electron chi connectivity index (χ4n) is 3.54. The topological polar surface area (TPSA) is 94.8 Å². The number of nitrogens with zero attached hydrogens (tertiary/aromatic N) is 3. The first-order chi connectivity index (χ1) is 17.6. The Balaban J connectivity index is 1.47. The Bertz CT molecular complexity index is 1350. The average Bonchev–Trinajstić information content (AvgIpc) is 3.19. The maximum absolute atomic E-state index is 13.3. The van der Waals surface area contributed by atoms with Gasteiger partial charge in [-0.2, -0.15) is 5.26 Å². The van der Waals surface area contributed by atoms with Crippen molar-refractivity contribution >= 4 is 40.5 Å². The molecule has 4 rings (SSSR count). The first-order valence-electron chi connectivity index (χ1n) is 11.3. The number of benzene rings is 3. The molecule has 7 nitrogen and oxygen atoms in total. The smallest absolute Gasteiger partial charge is 0.278 e. The molecule has 1 aliphatic rings. The van der Waals surface area contributed by atoms with E-state index in [2.05, 4.69) is 16.4 Å². The lowest BCUT2D eigenvalue weighted by molar-refractivity contribution is -0.123. The summed E-state index contributed by atoms with van der Waals surface area (Å²) in [5.74, 6) is 0.757. The van der Waals surface area contributed by atoms with Gasteiger partial charge in [0.15, 0.2) is 5.17 Å². The Morgan fingerprint density at radius 1 is 1.08 bits per heavy atom. The van der Waals surface area contributed by atoms with Crippen molar-refractivity contribution in [2.45, 2.75) is 13.0 Å². The number of hydrogen-bond acceptors (Lipinski definition) is 6. The van der Waals surface area contributed by atoms with Gasteiger partial charge in [-0.15, -0.1) is 0 Å². The highest BCUT2D eigenvalue weighted by Gasteiger charge is 2.30. The van der Waals surface area contributed by atoms with Crippen molar-refractivity contribution in [2.24, 2.45) is 4.99 Å². The first-order valence-corrected chi connectivity index (χ1v) is 12.3. The SMILES string of the molecule is COc1ccc(/C=C2\N=C(SCCC(=O)Nc3ccccc3C#N)N(Cc3ccccc3)C2=O)cc1. The average molecular weight is 497 g/mol. The van der Waals surface area contributed by atoms with Gasteiger partial charge in [0.05, 0.1) is 24.9 Å². The Morgan fingerprint density at radius 2 is 1.81 bits per heavy atom. The minimum absolute atomic E-state index is 0.190. The molecule has 0 radical (unpaired) electrons. The lowest BCUT2D eigenvalue weighted by Gasteiger charge is -2.17. The normalized spacial score (nSPS) is 13.9. The molecule has 0 bridgehead atoms. The zero-order valence-corrected chi connectivity index (χ0v) is 20.5. The summed E-state index contributed by atoms with van der Waals surface area (Å²) >= 11 is 1.35. The number of methoxy groups -OCH3 is 1. The number of thioether (sulfide) groups is 1. The molecular formula is C28H24N4O3S. The van der Waals surface area contributed by atoms with Crippen molar-refractivity contribution < 1.29 is 14.3 Å². The molecule has 180 valence electrons. The third-order valence-electron chi connectivity index (χ3n) is 5.40. The van der Waals surface area contributed by atoms with Gasteiger partial charge < -0.3 is 10.1 Å². The third-order valence-corrected chi connectivity index (χ3v) is 6.37. The number of amidine groups is 1. The predicted octanol–water partition coefficient (Wildman–Crippen LogP) is 5.07. The van der Waals surface area contributed by atoms with Crippen LogP contribution in [0.3, 0.4) is 0 Å². The summed E-state index contributed by atoms with van der Waals surface area (Å²) in [6, 6.07) is 26.0. The molecule has 0 unspecified atom stereocenters. The predicted molar refractivity (Wildman–Crippen MR) is 142 cm³/mol. The summed E-state index contributed by atoms with van der Waals surface area (Å²) in [6.07, 6.45) is 1.95. The monoisotopic (exact) mass is 496 g/mol. The van der Waals surface area contributed by atoms with Gasteiger partial charge in [-0.05, 0) is 41.5 Å². The van der Waals surface area contributed by atoms with Crippen molar-refractivity contribution in [2.75, 3.05) is 18.2 Å². The molecule has 0 aromatic heterocycles. The van der Waals surface area contributed by atoms with E-state index in [0.29, 0.717) is 34.4 Å². The Morgan fingerprint density at radius 3 is 2.53 bits per heavy atom. The zero-order valence-electron chi connectivity index (χ0n) is 19.7. The molecule has 2 amide bonds. The van der Waals surface area contributed by atoms with E-state index in [1.165, 1.54) is 11.8 Å². The van der Waals surface area contributed by atoms with Crippen molar-refractivity contribution in [1.29, 1.82) is 5.26 Å². The van der Waals surface area contributed by atoms with Gasteiger partial charge in [-0.1, -0.05) is 66.4 Å². The van der Waals surface area contributed by atoms with Crippen LogP contribution in [0.1, 0.15) is 23.1 Å². The van der Waals surface area contributed by atoms with E-state index in [4.69, 9.17) is 4.74 Å². The second kappa shape index (κ2) is 11.9. The molecule has 1 N–H and O–H groups in total. The van der Waals surface area contributed by atoms with Crippen molar-refractivity contribution in [1.82, 2.24) is 4.90 Å². The van der Waals surface area contributed by atoms with E-state index >= 15 is 0 Å². The van der Waals surface area contributed by atoms with Crippen LogP contribution in [0.15, 0.2) is 89.6 Å². The molecule has 1 aliphatic heterocycles. The number of aliphatic imine (C=N–C) groups is 1. The van der Waals surface area contributed by atoms with Crippen LogP contribution in [0.2, 0.25) is 0 Å². The minimum Gasteiger partial charge on any atom is -0.497 e. The fraction of sp³-hybridized carbons (Fsp3) is 0.143. The number of ether oxygens (including phenoxy) is 1. The summed E-state index contributed by atoms with van der Waals surface area (Å²) in [5.41, 5.74) is 3.05. The van der Waals surface area contributed by atoms with Crippen molar-refractivity contribution in [3.05, 3.63) is 101 Å². The number of carbonyl (C=O) groups is 2. The number of anilines is 1. The molecule has 3 aromatic rings. The van der Waals surface area contributed by atoms with Gasteiger partial charge in [0.1, 0.15) is 17.5 Å². The van der Waals surface area contributed by atoms with Gasteiger partial charge in [0.2, 0.25) is 5.91 Å². The summed E-state index contributed by atoms with van der Waals surface area (Å²) in [7, 11) is 1.60. The van der Waals surface area contributed by atoms with E-state index in [9.17, 15) is 14.9 Å². The van der Waals surface area contributed by atoms with Crippen LogP contribution in [0, 0.1) is 11.3 Å². The second-order valence-corrected chi connectivity index (χ2v) is 8.94. The summed E-state index contributed by atoms with van der Waals surface area (Å²) in [6.45, 7) is 0.382. The molecule has 0 aliphatic carbocycles. The molecule has 1 heterocycles. The number of carbonyl (C=O) groups excluding carboxylic acids is 2. The number of rotatable bonds is 8. The van der Waals surface area contributed by atoms with E-state index in [1.807, 2.05) is 54.6 Å². The fourth-order valence-corrected chi connectivity index (χ4v) is 4.48. The van der Waals surface area contributed by atoms with E-state index < -0.39 is 0 Å². The highest BCUT2D eigenvalue weighted by Crippen LogP contribution is 2.27. The summed E-state index contributed by atoms with van der Waals surface area (Å²) in [4.78, 5) is 32.0. The van der Waals surface area contributed by atoms with E-state index in [0.717, 1.165) is 16.9 Å². The second-order valence-electron chi connectivity index (χ2n) is 7.88. The maximum atomic E-state index is 13.3. The highest BCUT2D eigenvalue weighted by molar-refractivity contribution is 8.13. The molecule has 0 saturated carbocycles. The van der Waals surface area contributed by atoms with Crippen LogP contribution in [0.4, 0.5) is 5.69 Å². The number of nitrogens with one attached hydrogen (secondary N) is 1. The lowest BCUT2D eigenvalue weighted by Crippen LogP contribution is -2.30. The number of amides is 2. The van der Waals surface area contributed by atoms with E-state index in [-0.39, 0.29) is 18.2 Å². The minimum atomic E-state index is -0.210. The van der Waals surface area contributed by atoms with Gasteiger partial charge in [-0.25, -0.2) is 4.99 Å². The number of nitriles is 1. The largest absolute Gasteiger partial charge is 0.497 e. The summed E-state index contributed by atoms with van der Waals surface area (Å²) < 4.78 is 5.20. The standard InChI is InChI=1S/C28H24N4O3S/c1-35-23-13-11-20(12-14-23)17-25-27(34)32(19-21-7-3-2-4-8-21)28(31-25)36-16-15-26(33)30-24-10-6-5-9-22(24)18-29/h2-14,17H,15-16,19H2,1H3,(H,30,33)/b25-17-. The van der Waals surface area contributed by atoms with Gasteiger partial charge >= 0.3 is 0 Å². The molecule has 0 spiro atoms. The van der Waals surface area contributed by atoms with E-state index in [1.54, 1.807) is 42.4 Å². The van der Waals surface area contributed by atoms with Crippen LogP contribution in [0.25, 0.3) is 6.08 Å². The molecule has 36 heavy (non-hydrogen) atoms. The maximum Gasteiger partial charge on any atom is 0.278 e. The Hall–Kier alpha value is -4.35. The molecule has 0 fully saturated rings. The van der Waals surface area contributed by atoms with Crippen LogP contribution < -0.4 is 10.1 Å². The first kappa shape index (κ1) is 24.8. The number of para-hydroxylation sites is 1. The molecule has 0 saturated heterocycles. The molecule has 0 atom stereocenters. The molecule has 3 aromatic carbocycles. The van der Waals surface area contributed by atoms with Crippen LogP contribution in [-0.4, -0.2) is 34.7 Å². The van der Waals surface area contributed by atoms with Crippen LogP contribution >= 0.6 is 11.8 Å². The summed E-state index contributed by atoms with van der Waals surface area (Å²) in [5, 5.41) is 12.5. The van der Waals surface area contributed by atoms with Crippen LogP contribution in [-0.2, 0) is 16.1 Å². The van der Waals surface area contributed by atoms with Crippen molar-refractivity contribution in [3.8, 4) is 11.8 Å². The highest BCUT2D eigenvalue weighted by atomic mass is 32.2.